The van der Waals surface area contributed by atoms with Gasteiger partial charge in [0.15, 0.2) is 0 Å². The number of rotatable bonds is 5. The topological polar surface area (TPSA) is 95.5 Å². The minimum Gasteiger partial charge on any atom is -0.478 e. The Balaban J connectivity index is 2.62. The van der Waals surface area contributed by atoms with E-state index in [0.717, 1.165) is 0 Å². The standard InChI is InChI=1S/C12H13ClN2O4/c1-7(16)14-5-4-11(17)15-8-2-3-10(13)9(6-8)12(18)19/h2-3,6H,4-5H2,1H3,(H,14,16)(H,15,17)(H,18,19). The number of aromatic carboxylic acids is 1. The highest BCUT2D eigenvalue weighted by molar-refractivity contribution is 6.33. The summed E-state index contributed by atoms with van der Waals surface area (Å²) in [6, 6.07) is 4.18. The molecule has 0 saturated heterocycles. The van der Waals surface area contributed by atoms with Crippen molar-refractivity contribution in [3.63, 3.8) is 0 Å². The van der Waals surface area contributed by atoms with Crippen molar-refractivity contribution in [1.29, 1.82) is 0 Å². The molecule has 6 nitrogen and oxygen atoms in total. The summed E-state index contributed by atoms with van der Waals surface area (Å²) in [6.45, 7) is 1.58. The molecular weight excluding hydrogens is 272 g/mol. The Morgan fingerprint density at radius 2 is 2.00 bits per heavy atom. The maximum absolute atomic E-state index is 11.5. The van der Waals surface area contributed by atoms with Crippen molar-refractivity contribution in [2.75, 3.05) is 11.9 Å². The summed E-state index contributed by atoms with van der Waals surface area (Å²) >= 11 is 5.71. The normalized spacial score (nSPS) is 9.79. The van der Waals surface area contributed by atoms with Gasteiger partial charge in [-0.1, -0.05) is 11.6 Å². The number of carbonyl (C=O) groups excluding carboxylic acids is 2. The third kappa shape index (κ3) is 4.97. The molecule has 1 aromatic rings. The molecule has 0 aromatic heterocycles. The van der Waals surface area contributed by atoms with E-state index < -0.39 is 5.97 Å². The predicted octanol–water partition coefficient (Wildman–Crippen LogP) is 1.50. The van der Waals surface area contributed by atoms with Crippen molar-refractivity contribution < 1.29 is 19.5 Å². The molecule has 1 rings (SSSR count). The summed E-state index contributed by atoms with van der Waals surface area (Å²) in [4.78, 5) is 33.0. The minimum atomic E-state index is -1.17. The molecule has 0 aliphatic rings. The van der Waals surface area contributed by atoms with Crippen LogP contribution in [0.15, 0.2) is 18.2 Å². The van der Waals surface area contributed by atoms with E-state index in [0.29, 0.717) is 5.69 Å². The van der Waals surface area contributed by atoms with Crippen molar-refractivity contribution in [2.45, 2.75) is 13.3 Å². The molecule has 0 atom stereocenters. The van der Waals surface area contributed by atoms with E-state index in [4.69, 9.17) is 16.7 Å². The van der Waals surface area contributed by atoms with Crippen molar-refractivity contribution in [3.8, 4) is 0 Å². The molecule has 19 heavy (non-hydrogen) atoms. The van der Waals surface area contributed by atoms with Crippen molar-refractivity contribution in [2.24, 2.45) is 0 Å². The Hall–Kier alpha value is -2.08. The summed E-state index contributed by atoms with van der Waals surface area (Å²) in [6.07, 6.45) is 0.102. The summed E-state index contributed by atoms with van der Waals surface area (Å²) in [5.41, 5.74) is 0.260. The van der Waals surface area contributed by atoms with E-state index in [1.165, 1.54) is 25.1 Å². The molecule has 3 N–H and O–H groups in total. The molecule has 0 unspecified atom stereocenters. The molecular formula is C12H13ClN2O4. The van der Waals surface area contributed by atoms with E-state index in [-0.39, 0.29) is 35.4 Å². The number of benzene rings is 1. The summed E-state index contributed by atoms with van der Waals surface area (Å²) < 4.78 is 0. The van der Waals surface area contributed by atoms with Gasteiger partial charge in [0.2, 0.25) is 11.8 Å². The highest BCUT2D eigenvalue weighted by atomic mass is 35.5. The van der Waals surface area contributed by atoms with E-state index >= 15 is 0 Å². The van der Waals surface area contributed by atoms with Gasteiger partial charge < -0.3 is 15.7 Å². The van der Waals surface area contributed by atoms with E-state index in [1.54, 1.807) is 0 Å². The largest absolute Gasteiger partial charge is 0.478 e. The van der Waals surface area contributed by atoms with E-state index in [9.17, 15) is 14.4 Å². The van der Waals surface area contributed by atoms with Gasteiger partial charge in [0.05, 0.1) is 10.6 Å². The van der Waals surface area contributed by atoms with Crippen LogP contribution in [0, 0.1) is 0 Å². The van der Waals surface area contributed by atoms with E-state index in [1.807, 2.05) is 0 Å². The second-order valence-electron chi connectivity index (χ2n) is 3.78. The molecule has 0 bridgehead atoms. The number of carboxylic acid groups (broad SMARTS) is 1. The molecule has 2 amide bonds. The van der Waals surface area contributed by atoms with Gasteiger partial charge in [-0.15, -0.1) is 0 Å². The molecule has 7 heteroatoms. The van der Waals surface area contributed by atoms with Gasteiger partial charge in [0.25, 0.3) is 0 Å². The van der Waals surface area contributed by atoms with Gasteiger partial charge >= 0.3 is 5.97 Å². The molecule has 1 aromatic carbocycles. The highest BCUT2D eigenvalue weighted by Gasteiger charge is 2.10. The lowest BCUT2D eigenvalue weighted by molar-refractivity contribution is -0.119. The number of anilines is 1. The number of halogens is 1. The summed E-state index contributed by atoms with van der Waals surface area (Å²) in [7, 11) is 0. The molecule has 0 aliphatic carbocycles. The first-order chi connectivity index (χ1) is 8.90. The molecule has 0 spiro atoms. The van der Waals surface area contributed by atoms with Crippen LogP contribution in [0.5, 0.6) is 0 Å². The Kier molecular flexibility index (Phi) is 5.32. The lowest BCUT2D eigenvalue weighted by Gasteiger charge is -2.07. The molecule has 0 radical (unpaired) electrons. The maximum atomic E-state index is 11.5. The van der Waals surface area contributed by atoms with Gasteiger partial charge in [0.1, 0.15) is 0 Å². The predicted molar refractivity (Wildman–Crippen MR) is 70.3 cm³/mol. The fraction of sp³-hybridized carbons (Fsp3) is 0.250. The fourth-order valence-electron chi connectivity index (χ4n) is 1.34. The highest BCUT2D eigenvalue weighted by Crippen LogP contribution is 2.20. The summed E-state index contributed by atoms with van der Waals surface area (Å²) in [5.74, 6) is -1.71. The number of nitrogens with one attached hydrogen (secondary N) is 2. The monoisotopic (exact) mass is 284 g/mol. The first kappa shape index (κ1) is 15.0. The molecule has 0 saturated carbocycles. The van der Waals surface area contributed by atoms with Crippen LogP contribution in [-0.4, -0.2) is 29.4 Å². The molecule has 0 heterocycles. The maximum Gasteiger partial charge on any atom is 0.337 e. The second-order valence-corrected chi connectivity index (χ2v) is 4.19. The second kappa shape index (κ2) is 6.75. The number of carbonyl (C=O) groups is 3. The lowest BCUT2D eigenvalue weighted by Crippen LogP contribution is -2.25. The van der Waals surface area contributed by atoms with Crippen molar-refractivity contribution >= 4 is 35.1 Å². The van der Waals surface area contributed by atoms with Crippen LogP contribution < -0.4 is 10.6 Å². The number of amides is 2. The Labute approximate surface area is 114 Å². The Morgan fingerprint density at radius 1 is 1.32 bits per heavy atom. The zero-order valence-corrected chi connectivity index (χ0v) is 11.0. The average molecular weight is 285 g/mol. The minimum absolute atomic E-state index is 0.0821. The van der Waals surface area contributed by atoms with Crippen LogP contribution in [0.4, 0.5) is 5.69 Å². The van der Waals surface area contributed by atoms with Gasteiger partial charge in [0, 0.05) is 25.6 Å². The third-order valence-corrected chi connectivity index (χ3v) is 2.54. The van der Waals surface area contributed by atoms with Gasteiger partial charge in [-0.2, -0.15) is 0 Å². The van der Waals surface area contributed by atoms with Crippen LogP contribution in [0.3, 0.4) is 0 Å². The third-order valence-electron chi connectivity index (χ3n) is 2.21. The summed E-state index contributed by atoms with van der Waals surface area (Å²) in [5, 5.41) is 14.0. The SMILES string of the molecule is CC(=O)NCCC(=O)Nc1ccc(Cl)c(C(=O)O)c1. The Bertz CT molecular complexity index is 516. The van der Waals surface area contributed by atoms with E-state index in [2.05, 4.69) is 10.6 Å². The van der Waals surface area contributed by atoms with Gasteiger partial charge in [-0.3, -0.25) is 9.59 Å². The number of hydrogen-bond donors (Lipinski definition) is 3. The van der Waals surface area contributed by atoms with Crippen LogP contribution in [0.25, 0.3) is 0 Å². The average Bonchev–Trinajstić information content (AvgIpc) is 2.30. The molecule has 0 fully saturated rings. The Morgan fingerprint density at radius 3 is 2.58 bits per heavy atom. The first-order valence-electron chi connectivity index (χ1n) is 5.47. The zero-order chi connectivity index (χ0) is 14.4. The molecule has 0 aliphatic heterocycles. The van der Waals surface area contributed by atoms with Crippen molar-refractivity contribution in [3.05, 3.63) is 28.8 Å². The van der Waals surface area contributed by atoms with Crippen LogP contribution in [0.1, 0.15) is 23.7 Å². The van der Waals surface area contributed by atoms with Crippen LogP contribution in [-0.2, 0) is 9.59 Å². The van der Waals surface area contributed by atoms with Crippen LogP contribution in [0.2, 0.25) is 5.02 Å². The smallest absolute Gasteiger partial charge is 0.337 e. The molecule has 102 valence electrons. The van der Waals surface area contributed by atoms with Crippen molar-refractivity contribution in [1.82, 2.24) is 5.32 Å². The number of carboxylic acids is 1. The fourth-order valence-corrected chi connectivity index (χ4v) is 1.54. The first-order valence-corrected chi connectivity index (χ1v) is 5.85. The quantitative estimate of drug-likeness (QED) is 0.763. The van der Waals surface area contributed by atoms with Crippen LogP contribution >= 0.6 is 11.6 Å². The number of hydrogen-bond acceptors (Lipinski definition) is 3. The van der Waals surface area contributed by atoms with Gasteiger partial charge in [-0.25, -0.2) is 4.79 Å². The lowest BCUT2D eigenvalue weighted by atomic mass is 10.2. The zero-order valence-electron chi connectivity index (χ0n) is 10.2. The van der Waals surface area contributed by atoms with Gasteiger partial charge in [-0.05, 0) is 18.2 Å².